The van der Waals surface area contributed by atoms with Crippen molar-refractivity contribution in [3.8, 4) is 62.4 Å². The van der Waals surface area contributed by atoms with Crippen LogP contribution in [0.4, 0.5) is 17.1 Å². The van der Waals surface area contributed by atoms with Gasteiger partial charge in [0.25, 0.3) is 0 Å². The highest BCUT2D eigenvalue weighted by Gasteiger charge is 2.26. The van der Waals surface area contributed by atoms with Crippen molar-refractivity contribution >= 4 is 82.5 Å². The Morgan fingerprint density at radius 1 is 0.229 bits per heavy atom. The van der Waals surface area contributed by atoms with Gasteiger partial charge in [0.05, 0.1) is 44.5 Å². The lowest BCUT2D eigenvalue weighted by atomic mass is 9.95. The highest BCUT2D eigenvalue weighted by atomic mass is 15.2. The Morgan fingerprint density at radius 3 is 1.23 bits per heavy atom. The van der Waals surface area contributed by atoms with Gasteiger partial charge in [0, 0.05) is 78.2 Å². The summed E-state index contributed by atoms with van der Waals surface area (Å²) in [5, 5.41) is 7.26. The first-order valence-electron chi connectivity index (χ1n) is 28.3. The van der Waals surface area contributed by atoms with Crippen LogP contribution >= 0.6 is 0 Å². The quantitative estimate of drug-likeness (QED) is 0.152. The average molecular weight is 1060 g/mol. The van der Waals surface area contributed by atoms with Gasteiger partial charge in [-0.1, -0.05) is 200 Å². The summed E-state index contributed by atoms with van der Waals surface area (Å²) in [5.41, 5.74) is 20.9. The molecule has 0 saturated heterocycles. The number of aromatic nitrogens is 6. The van der Waals surface area contributed by atoms with Gasteiger partial charge in [-0.2, -0.15) is 0 Å². The van der Waals surface area contributed by atoms with Crippen LogP contribution in [0.3, 0.4) is 0 Å². The Labute approximate surface area is 478 Å². The summed E-state index contributed by atoms with van der Waals surface area (Å²) in [4.78, 5) is 18.2. The third-order valence-electron chi connectivity index (χ3n) is 16.9. The molecule has 83 heavy (non-hydrogen) atoms. The second kappa shape index (κ2) is 18.7. The SMILES string of the molecule is c1ccc(-c2nc(-c3cccc(-c4ccc(-n5c6ccccc6c6ccccc65)c(-n5c6ccccc6c6ccc(-n7c8ccccc8c8ccccc87)cc65)c4)c3)nc(-c3cccc(N4c5ccccc5Cc5ccccc54)c3)n2)cc1. The van der Waals surface area contributed by atoms with E-state index < -0.39 is 0 Å². The maximum Gasteiger partial charge on any atom is 0.164 e. The summed E-state index contributed by atoms with van der Waals surface area (Å²) in [6, 6.07) is 103. The molecule has 0 saturated carbocycles. The van der Waals surface area contributed by atoms with Crippen LogP contribution in [0.5, 0.6) is 0 Å². The van der Waals surface area contributed by atoms with Crippen LogP contribution in [-0.2, 0) is 6.42 Å². The number of rotatable bonds is 8. The van der Waals surface area contributed by atoms with Gasteiger partial charge in [-0.15, -0.1) is 0 Å². The fourth-order valence-electron chi connectivity index (χ4n) is 13.2. The minimum Gasteiger partial charge on any atom is -0.310 e. The van der Waals surface area contributed by atoms with Gasteiger partial charge < -0.3 is 18.6 Å². The van der Waals surface area contributed by atoms with Crippen molar-refractivity contribution in [2.45, 2.75) is 6.42 Å². The fraction of sp³-hybridized carbons (Fsp3) is 0.0132. The van der Waals surface area contributed by atoms with E-state index >= 15 is 0 Å². The molecule has 0 radical (unpaired) electrons. The maximum absolute atomic E-state index is 5.36. The van der Waals surface area contributed by atoms with E-state index in [4.69, 9.17) is 15.0 Å². The smallest absolute Gasteiger partial charge is 0.164 e. The normalized spacial score (nSPS) is 12.3. The van der Waals surface area contributed by atoms with Crippen LogP contribution in [0.2, 0.25) is 0 Å². The predicted molar refractivity (Wildman–Crippen MR) is 342 cm³/mol. The maximum atomic E-state index is 5.36. The number of hydrogen-bond acceptors (Lipinski definition) is 4. The first kappa shape index (κ1) is 46.7. The van der Waals surface area contributed by atoms with Crippen LogP contribution in [0.25, 0.3) is 128 Å². The highest BCUT2D eigenvalue weighted by Crippen LogP contribution is 2.46. The lowest BCUT2D eigenvalue weighted by molar-refractivity contribution is 1.07. The molecule has 4 aromatic heterocycles. The molecule has 0 atom stereocenters. The van der Waals surface area contributed by atoms with Crippen molar-refractivity contribution in [2.75, 3.05) is 4.90 Å². The van der Waals surface area contributed by atoms with Crippen molar-refractivity contribution in [2.24, 2.45) is 0 Å². The molecule has 0 N–H and O–H groups in total. The Hall–Kier alpha value is -11.2. The molecule has 0 amide bonds. The summed E-state index contributed by atoms with van der Waals surface area (Å²) in [6.07, 6.45) is 0.886. The molecule has 0 bridgehead atoms. The Balaban J connectivity index is 0.860. The summed E-state index contributed by atoms with van der Waals surface area (Å²) in [7, 11) is 0. The van der Waals surface area contributed by atoms with Gasteiger partial charge in [-0.3, -0.25) is 0 Å². The molecule has 5 heterocycles. The minimum atomic E-state index is 0.594. The molecule has 7 nitrogen and oxygen atoms in total. The molecule has 0 spiro atoms. The van der Waals surface area contributed by atoms with Crippen LogP contribution < -0.4 is 4.90 Å². The van der Waals surface area contributed by atoms with E-state index in [0.717, 1.165) is 79.1 Å². The van der Waals surface area contributed by atoms with Crippen molar-refractivity contribution in [1.82, 2.24) is 28.7 Å². The van der Waals surface area contributed by atoms with E-state index in [1.807, 2.05) is 18.2 Å². The molecule has 0 fully saturated rings. The molecular weight excluding hydrogens is 1010 g/mol. The lowest BCUT2D eigenvalue weighted by Gasteiger charge is -2.33. The minimum absolute atomic E-state index is 0.594. The molecule has 12 aromatic carbocycles. The Morgan fingerprint density at radius 2 is 0.651 bits per heavy atom. The van der Waals surface area contributed by atoms with E-state index in [0.29, 0.717) is 17.5 Å². The Bertz CT molecular complexity index is 5120. The number of benzene rings is 12. The summed E-state index contributed by atoms with van der Waals surface area (Å²) in [6.45, 7) is 0. The fourth-order valence-corrected chi connectivity index (χ4v) is 13.2. The average Bonchev–Trinajstić information content (AvgIpc) is 3.59. The van der Waals surface area contributed by atoms with Gasteiger partial charge in [0.2, 0.25) is 0 Å². The number of hydrogen-bond donors (Lipinski definition) is 0. The van der Waals surface area contributed by atoms with E-state index in [1.165, 1.54) is 65.9 Å². The number of fused-ring (bicyclic) bond motifs is 11. The standard InChI is InChI=1S/C76H49N7/c1-2-20-49(21-3-1)74-77-75(79-76(78-74)55-26-19-27-56(46-55)80-64-33-11-4-22-52(64)45-53-23-5-12-34-65(53)80)54-25-18-24-50(44-54)51-40-43-71(82-68-37-15-8-30-60(68)61-31-9-16-38-69(61)82)73(47-51)83-70-39-17-10-32-62(70)63-42-41-57(48-72(63)83)81-66-35-13-6-28-58(66)59-29-7-14-36-67(59)81/h1-44,46-48H,45H2. The largest absolute Gasteiger partial charge is 0.310 e. The van der Waals surface area contributed by atoms with Crippen molar-refractivity contribution in [1.29, 1.82) is 0 Å². The summed E-state index contributed by atoms with van der Waals surface area (Å²) >= 11 is 0. The predicted octanol–water partition coefficient (Wildman–Crippen LogP) is 19.2. The number of anilines is 3. The number of para-hydroxylation sites is 7. The lowest BCUT2D eigenvalue weighted by Crippen LogP contribution is -2.18. The van der Waals surface area contributed by atoms with Crippen LogP contribution in [-0.4, -0.2) is 28.7 Å². The van der Waals surface area contributed by atoms with Crippen LogP contribution in [0, 0.1) is 0 Å². The number of nitrogens with zero attached hydrogens (tertiary/aromatic N) is 7. The molecular formula is C76H49N7. The molecule has 16 aromatic rings. The van der Waals surface area contributed by atoms with Crippen molar-refractivity contribution in [3.05, 3.63) is 296 Å². The van der Waals surface area contributed by atoms with Gasteiger partial charge in [0.1, 0.15) is 0 Å². The van der Waals surface area contributed by atoms with Crippen molar-refractivity contribution in [3.63, 3.8) is 0 Å². The second-order valence-corrected chi connectivity index (χ2v) is 21.6. The van der Waals surface area contributed by atoms with E-state index in [-0.39, 0.29) is 0 Å². The van der Waals surface area contributed by atoms with Crippen molar-refractivity contribution < 1.29 is 0 Å². The molecule has 388 valence electrons. The highest BCUT2D eigenvalue weighted by molar-refractivity contribution is 6.13. The zero-order valence-corrected chi connectivity index (χ0v) is 45.0. The van der Waals surface area contributed by atoms with E-state index in [2.05, 4.69) is 286 Å². The summed E-state index contributed by atoms with van der Waals surface area (Å²) < 4.78 is 7.36. The zero-order valence-electron chi connectivity index (χ0n) is 45.0. The van der Waals surface area contributed by atoms with Gasteiger partial charge in [-0.05, 0) is 107 Å². The third kappa shape index (κ3) is 7.48. The van der Waals surface area contributed by atoms with Gasteiger partial charge >= 0.3 is 0 Å². The first-order valence-corrected chi connectivity index (χ1v) is 28.3. The zero-order chi connectivity index (χ0) is 54.5. The van der Waals surface area contributed by atoms with Gasteiger partial charge in [0.15, 0.2) is 17.5 Å². The monoisotopic (exact) mass is 1060 g/mol. The van der Waals surface area contributed by atoms with E-state index in [9.17, 15) is 0 Å². The molecule has 0 unspecified atom stereocenters. The first-order chi connectivity index (χ1) is 41.2. The molecule has 7 heteroatoms. The molecule has 17 rings (SSSR count). The second-order valence-electron chi connectivity index (χ2n) is 21.6. The molecule has 1 aliphatic rings. The van der Waals surface area contributed by atoms with Crippen LogP contribution in [0.15, 0.2) is 285 Å². The van der Waals surface area contributed by atoms with E-state index in [1.54, 1.807) is 0 Å². The van der Waals surface area contributed by atoms with Gasteiger partial charge in [-0.25, -0.2) is 15.0 Å². The third-order valence-corrected chi connectivity index (χ3v) is 16.9. The topological polar surface area (TPSA) is 56.7 Å². The van der Waals surface area contributed by atoms with Crippen LogP contribution in [0.1, 0.15) is 11.1 Å². The summed E-state index contributed by atoms with van der Waals surface area (Å²) in [5.74, 6) is 1.81. The molecule has 1 aliphatic heterocycles. The molecule has 0 aliphatic carbocycles. The Kier molecular flexibility index (Phi) is 10.5.